The van der Waals surface area contributed by atoms with Gasteiger partial charge in [0.1, 0.15) is 0 Å². The largest absolute Gasteiger partial charge is 0.478 e. The van der Waals surface area contributed by atoms with Crippen LogP contribution < -0.4 is 11.1 Å². The third-order valence-corrected chi connectivity index (χ3v) is 3.19. The van der Waals surface area contributed by atoms with Crippen LogP contribution in [0.4, 0.5) is 0 Å². The fourth-order valence-corrected chi connectivity index (χ4v) is 2.10. The van der Waals surface area contributed by atoms with Gasteiger partial charge >= 0.3 is 17.1 Å². The average molecular weight is 282 g/mol. The summed E-state index contributed by atoms with van der Waals surface area (Å²) in [6.07, 6.45) is 0. The van der Waals surface area contributed by atoms with Gasteiger partial charge in [-0.05, 0) is 35.4 Å². The molecule has 0 fully saturated rings. The van der Waals surface area contributed by atoms with E-state index < -0.39 is 17.1 Å². The van der Waals surface area contributed by atoms with Gasteiger partial charge in [0.25, 0.3) is 0 Å². The van der Waals surface area contributed by atoms with Gasteiger partial charge < -0.3 is 15.1 Å². The number of H-pyrrole nitrogens is 2. The molecule has 0 bridgehead atoms. The van der Waals surface area contributed by atoms with Gasteiger partial charge in [0.05, 0.1) is 16.6 Å². The number of carboxylic acid groups (broad SMARTS) is 1. The van der Waals surface area contributed by atoms with Crippen molar-refractivity contribution in [1.29, 1.82) is 0 Å². The summed E-state index contributed by atoms with van der Waals surface area (Å²) in [5.74, 6) is -0.984. The molecule has 0 aliphatic heterocycles. The zero-order valence-corrected chi connectivity index (χ0v) is 10.7. The summed E-state index contributed by atoms with van der Waals surface area (Å²) in [5, 5.41) is 8.87. The van der Waals surface area contributed by atoms with Crippen molar-refractivity contribution in [3.05, 3.63) is 68.7 Å². The van der Waals surface area contributed by atoms with Crippen LogP contribution in [0.1, 0.15) is 10.4 Å². The second-order valence-electron chi connectivity index (χ2n) is 4.55. The Kier molecular flexibility index (Phi) is 2.91. The highest BCUT2D eigenvalue weighted by molar-refractivity contribution is 5.88. The highest BCUT2D eigenvalue weighted by Gasteiger charge is 2.05. The van der Waals surface area contributed by atoms with Crippen LogP contribution in [0, 0.1) is 0 Å². The Hall–Kier alpha value is -3.15. The number of carboxylic acids is 1. The van der Waals surface area contributed by atoms with Gasteiger partial charge in [0, 0.05) is 0 Å². The van der Waals surface area contributed by atoms with Gasteiger partial charge in [-0.1, -0.05) is 18.2 Å². The molecule has 0 amide bonds. The number of rotatable bonds is 2. The lowest BCUT2D eigenvalue weighted by atomic mass is 10.0. The summed E-state index contributed by atoms with van der Waals surface area (Å²) in [6.45, 7) is 0. The molecule has 0 unspecified atom stereocenters. The molecule has 0 aliphatic carbocycles. The number of hydrogen-bond acceptors (Lipinski definition) is 3. The minimum absolute atomic E-state index is 0.206. The Balaban J connectivity index is 2.12. The number of nitrogens with one attached hydrogen (secondary N) is 2. The maximum atomic E-state index is 11.3. The van der Waals surface area contributed by atoms with Crippen molar-refractivity contribution in [2.75, 3.05) is 0 Å². The minimum Gasteiger partial charge on any atom is -0.478 e. The van der Waals surface area contributed by atoms with E-state index in [1.165, 1.54) is 12.1 Å². The first kappa shape index (κ1) is 12.9. The lowest BCUT2D eigenvalue weighted by molar-refractivity contribution is 0.0697. The van der Waals surface area contributed by atoms with Crippen LogP contribution in [-0.2, 0) is 0 Å². The molecule has 0 saturated heterocycles. The van der Waals surface area contributed by atoms with Crippen LogP contribution in [0.3, 0.4) is 0 Å². The summed E-state index contributed by atoms with van der Waals surface area (Å²) in [7, 11) is 0. The number of fused-ring (bicyclic) bond motifs is 1. The molecule has 2 aromatic carbocycles. The van der Waals surface area contributed by atoms with Crippen LogP contribution in [0.15, 0.2) is 52.1 Å². The van der Waals surface area contributed by atoms with E-state index in [-0.39, 0.29) is 5.56 Å². The fraction of sp³-hybridized carbons (Fsp3) is 0. The van der Waals surface area contributed by atoms with Crippen LogP contribution >= 0.6 is 0 Å². The fourth-order valence-electron chi connectivity index (χ4n) is 2.10. The molecule has 0 spiro atoms. The molecule has 1 aromatic heterocycles. The van der Waals surface area contributed by atoms with E-state index in [0.29, 0.717) is 11.0 Å². The van der Waals surface area contributed by atoms with Gasteiger partial charge in [0.15, 0.2) is 0 Å². The predicted molar refractivity (Wildman–Crippen MR) is 77.6 cm³/mol. The summed E-state index contributed by atoms with van der Waals surface area (Å²) < 4.78 is 0. The van der Waals surface area contributed by atoms with Crippen molar-refractivity contribution in [3.8, 4) is 11.1 Å². The number of carbonyl (C=O) groups is 1. The van der Waals surface area contributed by atoms with Crippen LogP contribution in [0.2, 0.25) is 0 Å². The molecule has 1 heterocycles. The van der Waals surface area contributed by atoms with Crippen LogP contribution in [0.25, 0.3) is 22.2 Å². The van der Waals surface area contributed by atoms with Crippen molar-refractivity contribution in [2.24, 2.45) is 0 Å². The topological polar surface area (TPSA) is 103 Å². The van der Waals surface area contributed by atoms with E-state index in [1.807, 2.05) is 0 Å². The highest BCUT2D eigenvalue weighted by atomic mass is 16.4. The third kappa shape index (κ3) is 2.34. The molecule has 3 rings (SSSR count). The monoisotopic (exact) mass is 282 g/mol. The van der Waals surface area contributed by atoms with Crippen molar-refractivity contribution < 1.29 is 9.90 Å². The Bertz CT molecular complexity index is 952. The van der Waals surface area contributed by atoms with E-state index in [9.17, 15) is 14.4 Å². The summed E-state index contributed by atoms with van der Waals surface area (Å²) in [5.41, 5.74) is 1.47. The third-order valence-electron chi connectivity index (χ3n) is 3.19. The molecule has 0 radical (unpaired) electrons. The zero-order valence-electron chi connectivity index (χ0n) is 10.7. The Labute approximate surface area is 117 Å². The van der Waals surface area contributed by atoms with Crippen molar-refractivity contribution in [2.45, 2.75) is 0 Å². The molecule has 104 valence electrons. The van der Waals surface area contributed by atoms with Gasteiger partial charge in [-0.25, -0.2) is 4.79 Å². The van der Waals surface area contributed by atoms with Gasteiger partial charge in [0.2, 0.25) is 0 Å². The van der Waals surface area contributed by atoms with E-state index in [0.717, 1.165) is 11.1 Å². The lowest BCUT2D eigenvalue weighted by Crippen LogP contribution is -2.28. The molecule has 6 nitrogen and oxygen atoms in total. The van der Waals surface area contributed by atoms with E-state index in [1.54, 1.807) is 30.3 Å². The van der Waals surface area contributed by atoms with E-state index in [4.69, 9.17) is 5.11 Å². The molecule has 0 atom stereocenters. The number of benzene rings is 2. The quantitative estimate of drug-likeness (QED) is 0.621. The molecule has 3 N–H and O–H groups in total. The molecule has 0 aliphatic rings. The Morgan fingerprint density at radius 3 is 2.00 bits per heavy atom. The van der Waals surface area contributed by atoms with E-state index >= 15 is 0 Å². The standard InChI is InChI=1S/C15H10N2O4/c18-13-14(19)17-12-7-10(5-6-11(12)16-13)8-1-3-9(4-2-8)15(20)21/h1-7H,(H,16,18)(H,17,19)(H,20,21). The molecular weight excluding hydrogens is 272 g/mol. The van der Waals surface area contributed by atoms with Gasteiger partial charge in [-0.2, -0.15) is 0 Å². The molecule has 6 heteroatoms. The molecule has 21 heavy (non-hydrogen) atoms. The Morgan fingerprint density at radius 2 is 1.38 bits per heavy atom. The van der Waals surface area contributed by atoms with E-state index in [2.05, 4.69) is 9.97 Å². The van der Waals surface area contributed by atoms with Gasteiger partial charge in [-0.15, -0.1) is 0 Å². The molecular formula is C15H10N2O4. The van der Waals surface area contributed by atoms with Gasteiger partial charge in [-0.3, -0.25) is 9.59 Å². The second-order valence-corrected chi connectivity index (χ2v) is 4.55. The first-order chi connectivity index (χ1) is 10.0. The maximum absolute atomic E-state index is 11.3. The number of aromatic amines is 2. The zero-order chi connectivity index (χ0) is 15.0. The minimum atomic E-state index is -0.984. The number of aromatic carboxylic acids is 1. The second kappa shape index (κ2) is 4.75. The smallest absolute Gasteiger partial charge is 0.335 e. The number of hydrogen-bond donors (Lipinski definition) is 3. The Morgan fingerprint density at radius 1 is 0.810 bits per heavy atom. The summed E-state index contributed by atoms with van der Waals surface area (Å²) in [4.78, 5) is 38.4. The first-order valence-corrected chi connectivity index (χ1v) is 6.15. The normalized spacial score (nSPS) is 10.7. The molecule has 3 aromatic rings. The van der Waals surface area contributed by atoms with Crippen LogP contribution in [-0.4, -0.2) is 21.0 Å². The van der Waals surface area contributed by atoms with Crippen molar-refractivity contribution in [3.63, 3.8) is 0 Å². The van der Waals surface area contributed by atoms with Crippen LogP contribution in [0.5, 0.6) is 0 Å². The van der Waals surface area contributed by atoms with Crippen molar-refractivity contribution in [1.82, 2.24) is 9.97 Å². The first-order valence-electron chi connectivity index (χ1n) is 6.15. The maximum Gasteiger partial charge on any atom is 0.335 e. The predicted octanol–water partition coefficient (Wildman–Crippen LogP) is 1.58. The van der Waals surface area contributed by atoms with Crippen molar-refractivity contribution >= 4 is 17.0 Å². The summed E-state index contributed by atoms with van der Waals surface area (Å²) >= 11 is 0. The number of aromatic nitrogens is 2. The lowest BCUT2D eigenvalue weighted by Gasteiger charge is -2.04. The summed E-state index contributed by atoms with van der Waals surface area (Å²) in [6, 6.07) is 11.6. The highest BCUT2D eigenvalue weighted by Crippen LogP contribution is 2.22. The SMILES string of the molecule is O=C(O)c1ccc(-c2ccc3[nH]c(=O)c(=O)[nH]c3c2)cc1. The molecule has 0 saturated carbocycles. The average Bonchev–Trinajstić information content (AvgIpc) is 2.48.